The van der Waals surface area contributed by atoms with Crippen LogP contribution in [0.5, 0.6) is 5.75 Å². The summed E-state index contributed by atoms with van der Waals surface area (Å²) in [4.78, 5) is 0. The van der Waals surface area contributed by atoms with Crippen molar-refractivity contribution in [1.29, 1.82) is 0 Å². The Labute approximate surface area is 105 Å². The zero-order valence-corrected chi connectivity index (χ0v) is 11.4. The van der Waals surface area contributed by atoms with Gasteiger partial charge in [0.05, 0.1) is 6.61 Å². The third-order valence-corrected chi connectivity index (χ3v) is 2.01. The Balaban J connectivity index is 0.00000121. The highest BCUT2D eigenvalue weighted by atomic mass is 16.5. The molecule has 0 bridgehead atoms. The van der Waals surface area contributed by atoms with Gasteiger partial charge < -0.3 is 9.47 Å². The van der Waals surface area contributed by atoms with Crippen LogP contribution in [0.2, 0.25) is 0 Å². The van der Waals surface area contributed by atoms with Crippen molar-refractivity contribution in [3.8, 4) is 5.75 Å². The molecule has 0 atom stereocenters. The summed E-state index contributed by atoms with van der Waals surface area (Å²) in [5.74, 6) is 0.943. The summed E-state index contributed by atoms with van der Waals surface area (Å²) in [6, 6.07) is 8.00. The van der Waals surface area contributed by atoms with Gasteiger partial charge in [-0.25, -0.2) is 0 Å². The Hall–Kier alpha value is -1.28. The molecule has 0 N–H and O–H groups in total. The first-order valence-electron chi connectivity index (χ1n) is 6.25. The van der Waals surface area contributed by atoms with Gasteiger partial charge in [0.1, 0.15) is 12.4 Å². The lowest BCUT2D eigenvalue weighted by atomic mass is 10.2. The SMILES string of the molecule is CC.CCOC/C=C/COc1ccccc1C. The largest absolute Gasteiger partial charge is 0.489 e. The first-order chi connectivity index (χ1) is 8.34. The highest BCUT2D eigenvalue weighted by molar-refractivity contribution is 5.31. The summed E-state index contributed by atoms with van der Waals surface area (Å²) in [5.41, 5.74) is 1.16. The van der Waals surface area contributed by atoms with Crippen LogP contribution in [0.15, 0.2) is 36.4 Å². The number of hydrogen-bond acceptors (Lipinski definition) is 2. The second kappa shape index (κ2) is 11.2. The maximum absolute atomic E-state index is 5.57. The highest BCUT2D eigenvalue weighted by Crippen LogP contribution is 2.15. The molecule has 0 saturated heterocycles. The molecule has 0 saturated carbocycles. The van der Waals surface area contributed by atoms with E-state index in [0.717, 1.165) is 17.9 Å². The van der Waals surface area contributed by atoms with Crippen molar-refractivity contribution >= 4 is 0 Å². The van der Waals surface area contributed by atoms with Crippen molar-refractivity contribution in [3.63, 3.8) is 0 Å². The summed E-state index contributed by atoms with van der Waals surface area (Å²) in [6.07, 6.45) is 3.95. The van der Waals surface area contributed by atoms with E-state index in [0.29, 0.717) is 13.2 Å². The number of benzene rings is 1. The molecule has 0 spiro atoms. The van der Waals surface area contributed by atoms with E-state index in [9.17, 15) is 0 Å². The van der Waals surface area contributed by atoms with Crippen LogP contribution >= 0.6 is 0 Å². The van der Waals surface area contributed by atoms with Crippen LogP contribution in [-0.4, -0.2) is 19.8 Å². The lowest BCUT2D eigenvalue weighted by Crippen LogP contribution is -1.96. The fraction of sp³-hybridized carbons (Fsp3) is 0.467. The van der Waals surface area contributed by atoms with E-state index in [-0.39, 0.29) is 0 Å². The van der Waals surface area contributed by atoms with Gasteiger partial charge >= 0.3 is 0 Å². The van der Waals surface area contributed by atoms with Crippen LogP contribution in [0.1, 0.15) is 26.3 Å². The Morgan fingerprint density at radius 1 is 1.06 bits per heavy atom. The van der Waals surface area contributed by atoms with Gasteiger partial charge in [0, 0.05) is 6.61 Å². The van der Waals surface area contributed by atoms with Crippen LogP contribution in [0.25, 0.3) is 0 Å². The molecule has 0 aliphatic carbocycles. The number of aryl methyl sites for hydroxylation is 1. The highest BCUT2D eigenvalue weighted by Gasteiger charge is 1.94. The molecule has 0 fully saturated rings. The van der Waals surface area contributed by atoms with Gasteiger partial charge in [0.2, 0.25) is 0 Å². The van der Waals surface area contributed by atoms with Gasteiger partial charge in [0.15, 0.2) is 0 Å². The maximum Gasteiger partial charge on any atom is 0.122 e. The molecule has 0 radical (unpaired) electrons. The van der Waals surface area contributed by atoms with Crippen LogP contribution in [0.3, 0.4) is 0 Å². The third-order valence-electron chi connectivity index (χ3n) is 2.01. The first-order valence-corrected chi connectivity index (χ1v) is 6.25. The number of ether oxygens (including phenoxy) is 2. The zero-order chi connectivity index (χ0) is 12.9. The van der Waals surface area contributed by atoms with Gasteiger partial charge in [-0.3, -0.25) is 0 Å². The molecule has 0 amide bonds. The Kier molecular flexibility index (Phi) is 10.4. The van der Waals surface area contributed by atoms with Crippen molar-refractivity contribution in [2.24, 2.45) is 0 Å². The molecule has 1 rings (SSSR count). The molecule has 17 heavy (non-hydrogen) atoms. The van der Waals surface area contributed by atoms with Crippen LogP contribution in [-0.2, 0) is 4.74 Å². The topological polar surface area (TPSA) is 18.5 Å². The lowest BCUT2D eigenvalue weighted by molar-refractivity contribution is 0.177. The van der Waals surface area contributed by atoms with E-state index in [2.05, 4.69) is 0 Å². The quantitative estimate of drug-likeness (QED) is 0.549. The summed E-state index contributed by atoms with van der Waals surface area (Å²) < 4.78 is 10.7. The molecule has 1 aromatic carbocycles. The third kappa shape index (κ3) is 7.58. The summed E-state index contributed by atoms with van der Waals surface area (Å²) in [7, 11) is 0. The molecular weight excluding hydrogens is 212 g/mol. The van der Waals surface area contributed by atoms with E-state index in [1.54, 1.807) is 0 Å². The second-order valence-electron chi connectivity index (χ2n) is 3.21. The van der Waals surface area contributed by atoms with Crippen LogP contribution in [0, 0.1) is 6.92 Å². The fourth-order valence-corrected chi connectivity index (χ4v) is 1.18. The Bertz CT molecular complexity index is 306. The predicted molar refractivity (Wildman–Crippen MR) is 73.7 cm³/mol. The van der Waals surface area contributed by atoms with E-state index < -0.39 is 0 Å². The summed E-state index contributed by atoms with van der Waals surface area (Å²) >= 11 is 0. The predicted octanol–water partition coefficient (Wildman–Crippen LogP) is 3.99. The van der Waals surface area contributed by atoms with E-state index in [1.165, 1.54) is 0 Å². The van der Waals surface area contributed by atoms with Crippen molar-refractivity contribution < 1.29 is 9.47 Å². The van der Waals surface area contributed by atoms with Crippen LogP contribution in [0.4, 0.5) is 0 Å². The molecule has 96 valence electrons. The number of hydrogen-bond donors (Lipinski definition) is 0. The standard InChI is InChI=1S/C13H18O2.C2H6/c1-3-14-10-6-7-11-15-13-9-5-4-8-12(13)2;1-2/h4-9H,3,10-11H2,1-2H3;1-2H3/b7-6+;. The van der Waals surface area contributed by atoms with Crippen molar-refractivity contribution in [3.05, 3.63) is 42.0 Å². The maximum atomic E-state index is 5.57. The van der Waals surface area contributed by atoms with Gasteiger partial charge in [-0.05, 0) is 31.6 Å². The number of rotatable bonds is 6. The Morgan fingerprint density at radius 2 is 1.71 bits per heavy atom. The summed E-state index contributed by atoms with van der Waals surface area (Å²) in [5, 5.41) is 0. The molecule has 0 aliphatic heterocycles. The molecule has 0 unspecified atom stereocenters. The summed E-state index contributed by atoms with van der Waals surface area (Å²) in [6.45, 7) is 10.0. The van der Waals surface area contributed by atoms with Crippen LogP contribution < -0.4 is 4.74 Å². The number of para-hydroxylation sites is 1. The molecule has 0 aromatic heterocycles. The molecule has 0 heterocycles. The molecule has 2 heteroatoms. The average Bonchev–Trinajstić information content (AvgIpc) is 2.38. The van der Waals surface area contributed by atoms with E-state index in [1.807, 2.05) is 64.1 Å². The fourth-order valence-electron chi connectivity index (χ4n) is 1.18. The minimum Gasteiger partial charge on any atom is -0.489 e. The monoisotopic (exact) mass is 236 g/mol. The van der Waals surface area contributed by atoms with Crippen molar-refractivity contribution in [1.82, 2.24) is 0 Å². The zero-order valence-electron chi connectivity index (χ0n) is 11.4. The molecule has 1 aromatic rings. The molecule has 2 nitrogen and oxygen atoms in total. The van der Waals surface area contributed by atoms with Gasteiger partial charge in [-0.15, -0.1) is 0 Å². The van der Waals surface area contributed by atoms with Gasteiger partial charge in [0.25, 0.3) is 0 Å². The lowest BCUT2D eigenvalue weighted by Gasteiger charge is -2.05. The van der Waals surface area contributed by atoms with Gasteiger partial charge in [-0.2, -0.15) is 0 Å². The minimum atomic E-state index is 0.595. The van der Waals surface area contributed by atoms with Crippen molar-refractivity contribution in [2.75, 3.05) is 19.8 Å². The smallest absolute Gasteiger partial charge is 0.122 e. The minimum absolute atomic E-state index is 0.595. The van der Waals surface area contributed by atoms with Crippen molar-refractivity contribution in [2.45, 2.75) is 27.7 Å². The molecular formula is C15H24O2. The first kappa shape index (κ1) is 15.7. The van der Waals surface area contributed by atoms with E-state index >= 15 is 0 Å². The normalized spacial score (nSPS) is 9.88. The van der Waals surface area contributed by atoms with E-state index in [4.69, 9.17) is 9.47 Å². The molecule has 0 aliphatic rings. The van der Waals surface area contributed by atoms with Gasteiger partial charge in [-0.1, -0.05) is 38.1 Å². The average molecular weight is 236 g/mol. The Morgan fingerprint density at radius 3 is 2.35 bits per heavy atom. The second-order valence-corrected chi connectivity index (χ2v) is 3.21.